The standard InChI is InChI=1S/C28H40O6Si/c1-27(2,3)35(20-13-9-7-10-14-20,21-15-11-8-12-16-21)31-19-23-26(34-28(4,5)33-23)25-22(29)17-18-24(30-6)32-25/h7-16,22-26,29H,17-19H2,1-6H3/t22-,23+,24+,25+,26-/m1/s1. The first-order valence-electron chi connectivity index (χ1n) is 12.5. The van der Waals surface area contributed by atoms with E-state index < -0.39 is 38.5 Å². The van der Waals surface area contributed by atoms with E-state index in [1.54, 1.807) is 7.11 Å². The third-order valence-corrected chi connectivity index (χ3v) is 12.1. The molecular weight excluding hydrogens is 460 g/mol. The lowest BCUT2D eigenvalue weighted by Crippen LogP contribution is -2.67. The third-order valence-electron chi connectivity index (χ3n) is 7.08. The van der Waals surface area contributed by atoms with Crippen molar-refractivity contribution in [2.24, 2.45) is 0 Å². The van der Waals surface area contributed by atoms with Gasteiger partial charge >= 0.3 is 0 Å². The van der Waals surface area contributed by atoms with Crippen LogP contribution in [0.2, 0.25) is 5.04 Å². The summed E-state index contributed by atoms with van der Waals surface area (Å²) in [5, 5.41) is 13.1. The second kappa shape index (κ2) is 10.4. The van der Waals surface area contributed by atoms with Crippen molar-refractivity contribution in [1.82, 2.24) is 0 Å². The molecule has 2 aromatic carbocycles. The van der Waals surface area contributed by atoms with Crippen molar-refractivity contribution in [2.75, 3.05) is 13.7 Å². The highest BCUT2D eigenvalue weighted by molar-refractivity contribution is 6.99. The Morgan fingerprint density at radius 1 is 0.914 bits per heavy atom. The minimum atomic E-state index is -2.74. The number of rotatable bonds is 7. The summed E-state index contributed by atoms with van der Waals surface area (Å²) in [6.45, 7) is 10.9. The number of aliphatic hydroxyl groups is 1. The zero-order valence-electron chi connectivity index (χ0n) is 21.8. The average molecular weight is 501 g/mol. The van der Waals surface area contributed by atoms with E-state index in [-0.39, 0.29) is 11.3 Å². The van der Waals surface area contributed by atoms with Crippen LogP contribution in [0.4, 0.5) is 0 Å². The van der Waals surface area contributed by atoms with Gasteiger partial charge in [0.05, 0.1) is 12.7 Å². The first-order valence-corrected chi connectivity index (χ1v) is 14.5. The Balaban J connectivity index is 1.68. The van der Waals surface area contributed by atoms with Crippen molar-refractivity contribution >= 4 is 18.7 Å². The Bertz CT molecular complexity index is 905. The molecule has 0 bridgehead atoms. The Morgan fingerprint density at radius 2 is 1.49 bits per heavy atom. The smallest absolute Gasteiger partial charge is 0.261 e. The molecule has 1 N–H and O–H groups in total. The van der Waals surface area contributed by atoms with E-state index in [2.05, 4.69) is 69.3 Å². The molecule has 0 radical (unpaired) electrons. The minimum absolute atomic E-state index is 0.151. The number of methoxy groups -OCH3 is 1. The maximum atomic E-state index is 10.8. The van der Waals surface area contributed by atoms with Gasteiger partial charge in [0.15, 0.2) is 12.1 Å². The third kappa shape index (κ3) is 5.42. The lowest BCUT2D eigenvalue weighted by molar-refractivity contribution is -0.245. The van der Waals surface area contributed by atoms with E-state index in [1.807, 2.05) is 26.0 Å². The van der Waals surface area contributed by atoms with Crippen LogP contribution >= 0.6 is 0 Å². The fraction of sp³-hybridized carbons (Fsp3) is 0.571. The topological polar surface area (TPSA) is 66.4 Å². The Morgan fingerprint density at radius 3 is 2.00 bits per heavy atom. The fourth-order valence-electron chi connectivity index (χ4n) is 5.51. The van der Waals surface area contributed by atoms with Crippen LogP contribution in [0, 0.1) is 0 Å². The predicted octanol–water partition coefficient (Wildman–Crippen LogP) is 3.60. The van der Waals surface area contributed by atoms with Gasteiger partial charge in [0.2, 0.25) is 0 Å². The van der Waals surface area contributed by atoms with Crippen LogP contribution in [0.25, 0.3) is 0 Å². The SMILES string of the molecule is CO[C@@H]1CC[C@@H](O)[C@@H]([C@@H]2OC(C)(C)O[C@H]2CO[Si](c2ccccc2)(c2ccccc2)C(C)(C)C)O1. The van der Waals surface area contributed by atoms with E-state index in [4.69, 9.17) is 23.4 Å². The van der Waals surface area contributed by atoms with Gasteiger partial charge in [0.25, 0.3) is 8.32 Å². The summed E-state index contributed by atoms with van der Waals surface area (Å²) < 4.78 is 31.3. The molecule has 0 amide bonds. The number of ether oxygens (including phenoxy) is 4. The van der Waals surface area contributed by atoms with Gasteiger partial charge in [-0.2, -0.15) is 0 Å². The Kier molecular flexibility index (Phi) is 7.88. The molecule has 0 spiro atoms. The summed E-state index contributed by atoms with van der Waals surface area (Å²) in [7, 11) is -1.12. The molecule has 2 aliphatic heterocycles. The van der Waals surface area contributed by atoms with Gasteiger partial charge < -0.3 is 28.5 Å². The van der Waals surface area contributed by atoms with Gasteiger partial charge in [-0.1, -0.05) is 81.4 Å². The molecule has 0 aromatic heterocycles. The van der Waals surface area contributed by atoms with Gasteiger partial charge in [-0.3, -0.25) is 0 Å². The molecule has 7 heteroatoms. The molecular formula is C28H40O6Si. The van der Waals surface area contributed by atoms with Crippen LogP contribution in [0.1, 0.15) is 47.5 Å². The fourth-order valence-corrected chi connectivity index (χ4v) is 10.1. The van der Waals surface area contributed by atoms with Crippen LogP contribution in [0.3, 0.4) is 0 Å². The molecule has 0 aliphatic carbocycles. The number of aliphatic hydroxyl groups excluding tert-OH is 1. The average Bonchev–Trinajstić information content (AvgIpc) is 3.14. The van der Waals surface area contributed by atoms with Crippen molar-refractivity contribution in [3.8, 4) is 0 Å². The lowest BCUT2D eigenvalue weighted by Gasteiger charge is -2.44. The van der Waals surface area contributed by atoms with E-state index >= 15 is 0 Å². The number of benzene rings is 2. The molecule has 2 heterocycles. The zero-order chi connectivity index (χ0) is 25.3. The van der Waals surface area contributed by atoms with Gasteiger partial charge in [-0.15, -0.1) is 0 Å². The largest absolute Gasteiger partial charge is 0.405 e. The highest BCUT2D eigenvalue weighted by Crippen LogP contribution is 2.39. The summed E-state index contributed by atoms with van der Waals surface area (Å²) in [6.07, 6.45) is -1.21. The van der Waals surface area contributed by atoms with Gasteiger partial charge in [-0.05, 0) is 35.7 Å². The molecule has 2 aromatic rings. The molecule has 6 nitrogen and oxygen atoms in total. The van der Waals surface area contributed by atoms with E-state index in [0.717, 1.165) is 0 Å². The van der Waals surface area contributed by atoms with E-state index in [9.17, 15) is 5.11 Å². The normalized spacial score (nSPS) is 29.3. The maximum Gasteiger partial charge on any atom is 0.261 e. The molecule has 192 valence electrons. The highest BCUT2D eigenvalue weighted by atomic mass is 28.4. The second-order valence-electron chi connectivity index (χ2n) is 11.0. The van der Waals surface area contributed by atoms with Crippen LogP contribution < -0.4 is 10.4 Å². The Hall–Kier alpha value is -1.58. The minimum Gasteiger partial charge on any atom is -0.405 e. The Labute approximate surface area is 210 Å². The highest BCUT2D eigenvalue weighted by Gasteiger charge is 2.54. The van der Waals surface area contributed by atoms with E-state index in [1.165, 1.54) is 10.4 Å². The zero-order valence-corrected chi connectivity index (χ0v) is 22.8. The molecule has 2 fully saturated rings. The predicted molar refractivity (Wildman–Crippen MR) is 138 cm³/mol. The first kappa shape index (κ1) is 26.5. The van der Waals surface area contributed by atoms with Crippen LogP contribution in [0.5, 0.6) is 0 Å². The molecule has 35 heavy (non-hydrogen) atoms. The summed E-state index contributed by atoms with van der Waals surface area (Å²) in [6, 6.07) is 21.1. The monoisotopic (exact) mass is 500 g/mol. The van der Waals surface area contributed by atoms with Crippen LogP contribution in [-0.4, -0.2) is 63.6 Å². The molecule has 0 saturated carbocycles. The van der Waals surface area contributed by atoms with Crippen molar-refractivity contribution in [3.05, 3.63) is 60.7 Å². The van der Waals surface area contributed by atoms with Crippen molar-refractivity contribution in [3.63, 3.8) is 0 Å². The number of hydrogen-bond donors (Lipinski definition) is 1. The lowest BCUT2D eigenvalue weighted by atomic mass is 9.97. The molecule has 4 rings (SSSR count). The summed E-state index contributed by atoms with van der Waals surface area (Å²) in [4.78, 5) is 0. The quantitative estimate of drug-likeness (QED) is 0.586. The van der Waals surface area contributed by atoms with E-state index in [0.29, 0.717) is 19.4 Å². The van der Waals surface area contributed by atoms with Crippen LogP contribution in [0.15, 0.2) is 60.7 Å². The molecule has 5 atom stereocenters. The molecule has 0 unspecified atom stereocenters. The second-order valence-corrected chi connectivity index (χ2v) is 15.3. The summed E-state index contributed by atoms with van der Waals surface area (Å²) >= 11 is 0. The summed E-state index contributed by atoms with van der Waals surface area (Å²) in [5.41, 5.74) is 0. The van der Waals surface area contributed by atoms with Gasteiger partial charge in [0.1, 0.15) is 18.3 Å². The number of hydrogen-bond acceptors (Lipinski definition) is 6. The first-order chi connectivity index (χ1) is 16.6. The van der Waals surface area contributed by atoms with Crippen molar-refractivity contribution in [2.45, 2.75) is 89.0 Å². The van der Waals surface area contributed by atoms with Gasteiger partial charge in [-0.25, -0.2) is 0 Å². The van der Waals surface area contributed by atoms with Crippen LogP contribution in [-0.2, 0) is 23.4 Å². The molecule has 2 saturated heterocycles. The maximum absolute atomic E-state index is 10.8. The van der Waals surface area contributed by atoms with Crippen molar-refractivity contribution < 1.29 is 28.5 Å². The van der Waals surface area contributed by atoms with Gasteiger partial charge in [0, 0.05) is 13.5 Å². The van der Waals surface area contributed by atoms with Crippen molar-refractivity contribution in [1.29, 1.82) is 0 Å². The summed E-state index contributed by atoms with van der Waals surface area (Å²) in [5.74, 6) is -0.812. The molecule has 2 aliphatic rings.